The molecule has 0 aliphatic rings. The summed E-state index contributed by atoms with van der Waals surface area (Å²) in [5, 5.41) is 18.2. The maximum Gasteiger partial charge on any atom is 0.140 e. The van der Waals surface area contributed by atoms with E-state index in [1.54, 1.807) is 43.3 Å². The second kappa shape index (κ2) is 6.18. The minimum atomic E-state index is -0.530. The number of ether oxygens (including phenoxy) is 1. The third-order valence-electron chi connectivity index (χ3n) is 2.92. The summed E-state index contributed by atoms with van der Waals surface area (Å²) in [4.78, 5) is 0. The van der Waals surface area contributed by atoms with E-state index in [-0.39, 0.29) is 12.2 Å². The minimum Gasteiger partial charge on any atom is -0.489 e. The number of rotatable bonds is 4. The zero-order chi connectivity index (χ0) is 14.5. The van der Waals surface area contributed by atoms with E-state index in [4.69, 9.17) is 10.00 Å². The average molecular weight is 271 g/mol. The van der Waals surface area contributed by atoms with Crippen molar-refractivity contribution in [2.45, 2.75) is 19.6 Å². The summed E-state index contributed by atoms with van der Waals surface area (Å²) in [5.74, 6) is 0.120. The molecule has 0 heterocycles. The molecule has 0 radical (unpaired) electrons. The Morgan fingerprint density at radius 1 is 1.25 bits per heavy atom. The highest BCUT2D eigenvalue weighted by Gasteiger charge is 2.04. The predicted octanol–water partition coefficient (Wildman–Crippen LogP) is 3.33. The molecule has 4 heteroatoms. The molecule has 0 amide bonds. The molecular weight excluding hydrogens is 257 g/mol. The fraction of sp³-hybridized carbons (Fsp3) is 0.188. The van der Waals surface area contributed by atoms with Crippen molar-refractivity contribution < 1.29 is 14.2 Å². The molecule has 0 fully saturated rings. The Hall–Kier alpha value is -2.38. The second-order valence-corrected chi connectivity index (χ2v) is 4.46. The summed E-state index contributed by atoms with van der Waals surface area (Å²) in [5.41, 5.74) is 1.55. The van der Waals surface area contributed by atoms with Gasteiger partial charge in [0.2, 0.25) is 0 Å². The number of nitriles is 1. The first kappa shape index (κ1) is 14.0. The van der Waals surface area contributed by atoms with Crippen molar-refractivity contribution in [2.75, 3.05) is 0 Å². The van der Waals surface area contributed by atoms with Crippen molar-refractivity contribution in [3.63, 3.8) is 0 Å². The van der Waals surface area contributed by atoms with Crippen LogP contribution in [0.4, 0.5) is 4.39 Å². The molecule has 0 saturated heterocycles. The Bertz CT molecular complexity index is 630. The lowest BCUT2D eigenvalue weighted by molar-refractivity contribution is 0.199. The van der Waals surface area contributed by atoms with E-state index in [2.05, 4.69) is 0 Å². The molecule has 2 aromatic carbocycles. The molecule has 0 spiro atoms. The molecule has 0 saturated carbocycles. The summed E-state index contributed by atoms with van der Waals surface area (Å²) >= 11 is 0. The van der Waals surface area contributed by atoms with Crippen LogP contribution in [0.3, 0.4) is 0 Å². The van der Waals surface area contributed by atoms with Crippen molar-refractivity contribution in [3.8, 4) is 11.8 Å². The maximum atomic E-state index is 13.2. The number of benzene rings is 2. The van der Waals surface area contributed by atoms with Gasteiger partial charge in [-0.3, -0.25) is 0 Å². The van der Waals surface area contributed by atoms with Crippen LogP contribution in [-0.2, 0) is 6.61 Å². The van der Waals surface area contributed by atoms with E-state index in [9.17, 15) is 9.50 Å². The first-order valence-corrected chi connectivity index (χ1v) is 6.19. The Morgan fingerprint density at radius 2 is 1.95 bits per heavy atom. The van der Waals surface area contributed by atoms with Gasteiger partial charge in [0.05, 0.1) is 11.7 Å². The van der Waals surface area contributed by atoms with Crippen LogP contribution in [0.2, 0.25) is 0 Å². The van der Waals surface area contributed by atoms with E-state index >= 15 is 0 Å². The SMILES string of the molecule is C[C@H](O)c1ccc(OCc2ccc(F)c(C#N)c2)cc1. The van der Waals surface area contributed by atoms with Crippen molar-refractivity contribution in [2.24, 2.45) is 0 Å². The number of halogens is 1. The lowest BCUT2D eigenvalue weighted by Crippen LogP contribution is -1.98. The minimum absolute atomic E-state index is 0.00977. The molecule has 0 bridgehead atoms. The fourth-order valence-electron chi connectivity index (χ4n) is 1.76. The normalized spacial score (nSPS) is 11.7. The van der Waals surface area contributed by atoms with Gasteiger partial charge in [0, 0.05) is 0 Å². The topological polar surface area (TPSA) is 53.2 Å². The van der Waals surface area contributed by atoms with Gasteiger partial charge in [0.25, 0.3) is 0 Å². The van der Waals surface area contributed by atoms with Crippen molar-refractivity contribution in [3.05, 3.63) is 65.0 Å². The van der Waals surface area contributed by atoms with Gasteiger partial charge in [-0.1, -0.05) is 18.2 Å². The number of aliphatic hydroxyl groups excluding tert-OH is 1. The maximum absolute atomic E-state index is 13.2. The van der Waals surface area contributed by atoms with Gasteiger partial charge in [-0.15, -0.1) is 0 Å². The molecule has 20 heavy (non-hydrogen) atoms. The molecule has 0 aliphatic carbocycles. The van der Waals surface area contributed by atoms with Crippen molar-refractivity contribution in [1.29, 1.82) is 5.26 Å². The number of nitrogens with zero attached hydrogens (tertiary/aromatic N) is 1. The van der Waals surface area contributed by atoms with E-state index < -0.39 is 11.9 Å². The third-order valence-corrected chi connectivity index (χ3v) is 2.92. The zero-order valence-electron chi connectivity index (χ0n) is 11.0. The smallest absolute Gasteiger partial charge is 0.140 e. The second-order valence-electron chi connectivity index (χ2n) is 4.46. The summed E-state index contributed by atoms with van der Waals surface area (Å²) < 4.78 is 18.7. The Morgan fingerprint density at radius 3 is 2.55 bits per heavy atom. The highest BCUT2D eigenvalue weighted by molar-refractivity contribution is 5.34. The lowest BCUT2D eigenvalue weighted by atomic mass is 10.1. The summed E-state index contributed by atoms with van der Waals surface area (Å²) in [7, 11) is 0. The molecule has 2 aromatic rings. The van der Waals surface area contributed by atoms with Gasteiger partial charge in [-0.05, 0) is 42.3 Å². The van der Waals surface area contributed by atoms with Crippen LogP contribution in [0.15, 0.2) is 42.5 Å². The van der Waals surface area contributed by atoms with Crippen LogP contribution in [0.25, 0.3) is 0 Å². The summed E-state index contributed by atoms with van der Waals surface area (Å²) in [6, 6.07) is 13.2. The first-order chi connectivity index (χ1) is 9.60. The molecule has 0 unspecified atom stereocenters. The van der Waals surface area contributed by atoms with Crippen LogP contribution >= 0.6 is 0 Å². The van der Waals surface area contributed by atoms with Crippen LogP contribution in [0.1, 0.15) is 29.7 Å². The van der Waals surface area contributed by atoms with E-state index in [0.29, 0.717) is 5.75 Å². The largest absolute Gasteiger partial charge is 0.489 e. The highest BCUT2D eigenvalue weighted by atomic mass is 19.1. The number of hydrogen-bond donors (Lipinski definition) is 1. The molecule has 1 atom stereocenters. The Kier molecular flexibility index (Phi) is 4.34. The molecule has 3 nitrogen and oxygen atoms in total. The molecule has 102 valence electrons. The van der Waals surface area contributed by atoms with E-state index in [1.165, 1.54) is 12.1 Å². The van der Waals surface area contributed by atoms with Crippen molar-refractivity contribution in [1.82, 2.24) is 0 Å². The van der Waals surface area contributed by atoms with Gasteiger partial charge in [0.1, 0.15) is 24.2 Å². The third kappa shape index (κ3) is 3.34. The molecule has 1 N–H and O–H groups in total. The number of hydrogen-bond acceptors (Lipinski definition) is 3. The van der Waals surface area contributed by atoms with Crippen LogP contribution < -0.4 is 4.74 Å². The molecule has 0 aromatic heterocycles. The fourth-order valence-corrected chi connectivity index (χ4v) is 1.76. The van der Waals surface area contributed by atoms with E-state index in [0.717, 1.165) is 11.1 Å². The Labute approximate surface area is 116 Å². The molecular formula is C16H14FNO2. The van der Waals surface area contributed by atoms with Gasteiger partial charge in [-0.2, -0.15) is 5.26 Å². The van der Waals surface area contributed by atoms with E-state index in [1.807, 2.05) is 0 Å². The summed E-state index contributed by atoms with van der Waals surface area (Å²) in [6.45, 7) is 1.95. The molecule has 0 aliphatic heterocycles. The van der Waals surface area contributed by atoms with Crippen LogP contribution in [0, 0.1) is 17.1 Å². The Balaban J connectivity index is 2.03. The zero-order valence-corrected chi connectivity index (χ0v) is 11.0. The lowest BCUT2D eigenvalue weighted by Gasteiger charge is -2.09. The van der Waals surface area contributed by atoms with Gasteiger partial charge < -0.3 is 9.84 Å². The van der Waals surface area contributed by atoms with Crippen molar-refractivity contribution >= 4 is 0 Å². The van der Waals surface area contributed by atoms with Gasteiger partial charge in [0.15, 0.2) is 0 Å². The molecule has 2 rings (SSSR count). The standard InChI is InChI=1S/C16H14FNO2/c1-11(19)13-3-5-15(6-4-13)20-10-12-2-7-16(17)14(8-12)9-18/h2-8,11,19H,10H2,1H3/t11-/m0/s1. The first-order valence-electron chi connectivity index (χ1n) is 6.19. The van der Waals surface area contributed by atoms with Gasteiger partial charge >= 0.3 is 0 Å². The van der Waals surface area contributed by atoms with Crippen LogP contribution in [-0.4, -0.2) is 5.11 Å². The number of aliphatic hydroxyl groups is 1. The highest BCUT2D eigenvalue weighted by Crippen LogP contribution is 2.19. The van der Waals surface area contributed by atoms with Crippen LogP contribution in [0.5, 0.6) is 5.75 Å². The predicted molar refractivity (Wildman–Crippen MR) is 72.5 cm³/mol. The van der Waals surface area contributed by atoms with Gasteiger partial charge in [-0.25, -0.2) is 4.39 Å². The average Bonchev–Trinajstić information content (AvgIpc) is 2.46. The summed E-state index contributed by atoms with van der Waals surface area (Å²) in [6.07, 6.45) is -0.515. The quantitative estimate of drug-likeness (QED) is 0.928. The monoisotopic (exact) mass is 271 g/mol.